The topological polar surface area (TPSA) is 30.4 Å². The molecule has 0 N–H and O–H groups in total. The van der Waals surface area contributed by atoms with E-state index >= 15 is 0 Å². The fourth-order valence-electron chi connectivity index (χ4n) is 4.56. The van der Waals surface area contributed by atoms with Crippen molar-refractivity contribution in [1.29, 1.82) is 0 Å². The van der Waals surface area contributed by atoms with Crippen molar-refractivity contribution in [2.45, 2.75) is 0 Å². The normalized spacial score (nSPS) is 12.3. The molecule has 3 nitrogen and oxygen atoms in total. The van der Waals surface area contributed by atoms with Gasteiger partial charge in [-0.1, -0.05) is 66.7 Å². The number of furan rings is 1. The van der Waals surface area contributed by atoms with Crippen LogP contribution in [0.25, 0.3) is 60.3 Å². The molecule has 0 amide bonds. The summed E-state index contributed by atoms with van der Waals surface area (Å²) in [5.41, 5.74) is 5.98. The van der Waals surface area contributed by atoms with Crippen molar-refractivity contribution in [2.24, 2.45) is 0 Å². The number of rotatable bonds is 0. The van der Waals surface area contributed by atoms with Gasteiger partial charge in [0.15, 0.2) is 5.58 Å². The van der Waals surface area contributed by atoms with Crippen molar-refractivity contribution in [1.82, 2.24) is 9.38 Å². The predicted molar refractivity (Wildman–Crippen MR) is 115 cm³/mol. The third-order valence-electron chi connectivity index (χ3n) is 5.75. The molecule has 0 fully saturated rings. The van der Waals surface area contributed by atoms with Crippen molar-refractivity contribution in [3.05, 3.63) is 84.9 Å². The third-order valence-corrected chi connectivity index (χ3v) is 5.75. The molecule has 7 aromatic rings. The summed E-state index contributed by atoms with van der Waals surface area (Å²) >= 11 is 0. The second-order valence-electron chi connectivity index (χ2n) is 7.24. The Morgan fingerprint density at radius 1 is 0.679 bits per heavy atom. The van der Waals surface area contributed by atoms with E-state index in [1.807, 2.05) is 6.07 Å². The van der Waals surface area contributed by atoms with Crippen LogP contribution < -0.4 is 0 Å². The van der Waals surface area contributed by atoms with Crippen molar-refractivity contribution in [2.75, 3.05) is 0 Å². The number of para-hydroxylation sites is 2. The van der Waals surface area contributed by atoms with Gasteiger partial charge in [0.05, 0.1) is 16.4 Å². The van der Waals surface area contributed by atoms with Gasteiger partial charge in [0, 0.05) is 10.8 Å². The number of imidazole rings is 1. The molecular weight excluding hydrogens is 344 g/mol. The van der Waals surface area contributed by atoms with Crippen molar-refractivity contribution in [3.8, 4) is 0 Å². The molecule has 0 spiro atoms. The van der Waals surface area contributed by atoms with Gasteiger partial charge < -0.3 is 4.42 Å². The molecule has 0 atom stereocenters. The van der Waals surface area contributed by atoms with E-state index in [9.17, 15) is 0 Å². The monoisotopic (exact) mass is 358 g/mol. The Hall–Kier alpha value is -3.85. The molecule has 28 heavy (non-hydrogen) atoms. The van der Waals surface area contributed by atoms with Crippen LogP contribution in [0.3, 0.4) is 0 Å². The lowest BCUT2D eigenvalue weighted by Crippen LogP contribution is -1.89. The van der Waals surface area contributed by atoms with Crippen LogP contribution in [0.5, 0.6) is 0 Å². The highest BCUT2D eigenvalue weighted by Crippen LogP contribution is 2.40. The number of hydrogen-bond donors (Lipinski definition) is 0. The average molecular weight is 358 g/mol. The number of benzene rings is 4. The van der Waals surface area contributed by atoms with E-state index in [0.29, 0.717) is 0 Å². The molecule has 0 radical (unpaired) electrons. The molecular formula is C25H14N2O. The first-order chi connectivity index (χ1) is 13.9. The van der Waals surface area contributed by atoms with Gasteiger partial charge in [-0.3, -0.25) is 4.40 Å². The summed E-state index contributed by atoms with van der Waals surface area (Å²) in [5.74, 6) is 0. The van der Waals surface area contributed by atoms with Gasteiger partial charge in [-0.15, -0.1) is 0 Å². The Labute approximate surface area is 159 Å². The quantitative estimate of drug-likeness (QED) is 0.302. The molecule has 0 bridgehead atoms. The minimum atomic E-state index is 0.907. The van der Waals surface area contributed by atoms with Gasteiger partial charge >= 0.3 is 0 Å². The number of hydrogen-bond acceptors (Lipinski definition) is 2. The van der Waals surface area contributed by atoms with Gasteiger partial charge in [-0.05, 0) is 29.0 Å². The molecule has 0 aliphatic carbocycles. The van der Waals surface area contributed by atoms with Gasteiger partial charge in [0.1, 0.15) is 16.7 Å². The standard InChI is InChI=1S/C25H14N2O/c1-2-8-16-15(7-1)13-14-21-22(16)23-24(28-21)17-9-3-4-10-18(17)25-26-19-11-5-6-12-20(19)27(23)25/h1-14H. The number of pyridine rings is 1. The van der Waals surface area contributed by atoms with Gasteiger partial charge in [-0.2, -0.15) is 0 Å². The zero-order chi connectivity index (χ0) is 18.2. The van der Waals surface area contributed by atoms with Crippen LogP contribution >= 0.6 is 0 Å². The number of aromatic nitrogens is 2. The van der Waals surface area contributed by atoms with Crippen LogP contribution in [0.1, 0.15) is 0 Å². The lowest BCUT2D eigenvalue weighted by molar-refractivity contribution is 0.672. The molecule has 3 heterocycles. The summed E-state index contributed by atoms with van der Waals surface area (Å²) < 4.78 is 8.72. The summed E-state index contributed by atoms with van der Waals surface area (Å²) in [5, 5.41) is 5.76. The zero-order valence-corrected chi connectivity index (χ0v) is 14.9. The van der Waals surface area contributed by atoms with Crippen LogP contribution in [-0.2, 0) is 0 Å². The molecule has 0 aliphatic rings. The SMILES string of the molecule is c1ccc2c(c1)ccc1oc3c4ccccc4c4nc5ccccc5n4c3c12. The Kier molecular flexibility index (Phi) is 2.49. The highest BCUT2D eigenvalue weighted by molar-refractivity contribution is 6.24. The highest BCUT2D eigenvalue weighted by atomic mass is 16.3. The van der Waals surface area contributed by atoms with Gasteiger partial charge in [0.2, 0.25) is 0 Å². The maximum atomic E-state index is 6.45. The summed E-state index contributed by atoms with van der Waals surface area (Å²) in [6.45, 7) is 0. The average Bonchev–Trinajstić information content (AvgIpc) is 3.33. The van der Waals surface area contributed by atoms with E-state index in [4.69, 9.17) is 9.40 Å². The minimum absolute atomic E-state index is 0.907. The molecule has 0 saturated carbocycles. The number of nitrogens with zero attached hydrogens (tertiary/aromatic N) is 2. The van der Waals surface area contributed by atoms with E-state index in [1.165, 1.54) is 10.8 Å². The Bertz CT molecular complexity index is 1720. The van der Waals surface area contributed by atoms with Gasteiger partial charge in [0.25, 0.3) is 0 Å². The van der Waals surface area contributed by atoms with E-state index in [0.717, 1.165) is 49.5 Å². The summed E-state index contributed by atoms with van der Waals surface area (Å²) in [6.07, 6.45) is 0. The van der Waals surface area contributed by atoms with Crippen LogP contribution in [0.4, 0.5) is 0 Å². The first-order valence-corrected chi connectivity index (χ1v) is 9.42. The van der Waals surface area contributed by atoms with Crippen LogP contribution in [0.15, 0.2) is 89.3 Å². The fourth-order valence-corrected chi connectivity index (χ4v) is 4.56. The highest BCUT2D eigenvalue weighted by Gasteiger charge is 2.20. The molecule has 3 aromatic heterocycles. The molecule has 0 unspecified atom stereocenters. The van der Waals surface area contributed by atoms with Crippen molar-refractivity contribution in [3.63, 3.8) is 0 Å². The zero-order valence-electron chi connectivity index (χ0n) is 14.9. The molecule has 0 aliphatic heterocycles. The van der Waals surface area contributed by atoms with E-state index in [1.54, 1.807) is 0 Å². The molecule has 130 valence electrons. The fraction of sp³-hybridized carbons (Fsp3) is 0. The van der Waals surface area contributed by atoms with Gasteiger partial charge in [-0.25, -0.2) is 4.98 Å². The van der Waals surface area contributed by atoms with Crippen LogP contribution in [-0.4, -0.2) is 9.38 Å². The predicted octanol–water partition coefficient (Wildman–Crippen LogP) is 6.69. The molecule has 7 rings (SSSR count). The van der Waals surface area contributed by atoms with Crippen LogP contribution in [0, 0.1) is 0 Å². The Morgan fingerprint density at radius 2 is 1.43 bits per heavy atom. The Morgan fingerprint density at radius 3 is 2.36 bits per heavy atom. The lowest BCUT2D eigenvalue weighted by atomic mass is 10.0. The molecule has 3 heteroatoms. The van der Waals surface area contributed by atoms with Crippen molar-refractivity contribution < 1.29 is 4.42 Å². The van der Waals surface area contributed by atoms with E-state index in [-0.39, 0.29) is 0 Å². The largest absolute Gasteiger partial charge is 0.454 e. The summed E-state index contributed by atoms with van der Waals surface area (Å²) in [4.78, 5) is 4.98. The smallest absolute Gasteiger partial charge is 0.160 e. The lowest BCUT2D eigenvalue weighted by Gasteiger charge is -2.05. The minimum Gasteiger partial charge on any atom is -0.454 e. The third kappa shape index (κ3) is 1.62. The van der Waals surface area contributed by atoms with E-state index in [2.05, 4.69) is 83.3 Å². The first-order valence-electron chi connectivity index (χ1n) is 9.42. The second-order valence-corrected chi connectivity index (χ2v) is 7.24. The van der Waals surface area contributed by atoms with E-state index < -0.39 is 0 Å². The molecule has 4 aromatic carbocycles. The first kappa shape index (κ1) is 14.2. The van der Waals surface area contributed by atoms with Crippen molar-refractivity contribution >= 4 is 60.3 Å². The number of fused-ring (bicyclic) bond motifs is 12. The summed E-state index contributed by atoms with van der Waals surface area (Å²) in [6, 6.07) is 29.4. The second kappa shape index (κ2) is 4.90. The Balaban J connectivity index is 1.94. The summed E-state index contributed by atoms with van der Waals surface area (Å²) in [7, 11) is 0. The van der Waals surface area contributed by atoms with Crippen LogP contribution in [0.2, 0.25) is 0 Å². The molecule has 0 saturated heterocycles. The maximum absolute atomic E-state index is 6.45. The maximum Gasteiger partial charge on any atom is 0.160 e.